The van der Waals surface area contributed by atoms with Gasteiger partial charge in [0.25, 0.3) is 5.91 Å². The molecular formula is C18H15ClFN3O3S2. The van der Waals surface area contributed by atoms with Crippen molar-refractivity contribution in [3.05, 3.63) is 64.2 Å². The minimum absolute atomic E-state index is 0.0168. The molecule has 0 radical (unpaired) electrons. The minimum Gasteiger partial charge on any atom is -0.298 e. The molecule has 1 aromatic heterocycles. The first-order chi connectivity index (χ1) is 13.2. The van der Waals surface area contributed by atoms with E-state index in [9.17, 15) is 17.6 Å². The molecule has 3 aromatic rings. The Morgan fingerprint density at radius 1 is 1.18 bits per heavy atom. The molecule has 0 unspecified atom stereocenters. The second-order valence-corrected chi connectivity index (χ2v) is 9.35. The second-order valence-electron chi connectivity index (χ2n) is 5.93. The van der Waals surface area contributed by atoms with E-state index < -0.39 is 15.9 Å². The molecule has 0 spiro atoms. The summed E-state index contributed by atoms with van der Waals surface area (Å²) in [6, 6.07) is 9.74. The molecule has 1 N–H and O–H groups in total. The summed E-state index contributed by atoms with van der Waals surface area (Å²) in [5.74, 6) is -0.935. The summed E-state index contributed by atoms with van der Waals surface area (Å²) < 4.78 is 38.6. The largest absolute Gasteiger partial charge is 0.298 e. The Morgan fingerprint density at radius 2 is 1.86 bits per heavy atom. The number of hydrogen-bond acceptors (Lipinski definition) is 5. The van der Waals surface area contributed by atoms with Crippen LogP contribution in [0.5, 0.6) is 0 Å². The van der Waals surface area contributed by atoms with Gasteiger partial charge >= 0.3 is 0 Å². The van der Waals surface area contributed by atoms with Crippen LogP contribution in [0, 0.1) is 5.82 Å². The highest BCUT2D eigenvalue weighted by Gasteiger charge is 2.21. The zero-order valence-electron chi connectivity index (χ0n) is 14.8. The molecule has 28 heavy (non-hydrogen) atoms. The van der Waals surface area contributed by atoms with Gasteiger partial charge in [-0.3, -0.25) is 10.1 Å². The highest BCUT2D eigenvalue weighted by atomic mass is 35.5. The van der Waals surface area contributed by atoms with Crippen molar-refractivity contribution < 1.29 is 17.6 Å². The van der Waals surface area contributed by atoms with Gasteiger partial charge in [0.15, 0.2) is 5.13 Å². The van der Waals surface area contributed by atoms with Crippen LogP contribution in [-0.4, -0.2) is 37.7 Å². The molecule has 1 heterocycles. The van der Waals surface area contributed by atoms with Crippen molar-refractivity contribution in [2.45, 2.75) is 4.90 Å². The highest BCUT2D eigenvalue weighted by Crippen LogP contribution is 2.27. The molecule has 3 rings (SSSR count). The van der Waals surface area contributed by atoms with Crippen molar-refractivity contribution in [2.75, 3.05) is 19.4 Å². The number of hydrogen-bond donors (Lipinski definition) is 1. The van der Waals surface area contributed by atoms with Crippen LogP contribution in [0.1, 0.15) is 10.4 Å². The van der Waals surface area contributed by atoms with Crippen molar-refractivity contribution in [2.24, 2.45) is 0 Å². The molecule has 6 nitrogen and oxygen atoms in total. The Bertz CT molecular complexity index is 1130. The molecule has 10 heteroatoms. The van der Waals surface area contributed by atoms with Gasteiger partial charge in [-0.1, -0.05) is 11.6 Å². The summed E-state index contributed by atoms with van der Waals surface area (Å²) in [6.07, 6.45) is 0. The van der Waals surface area contributed by atoms with E-state index >= 15 is 0 Å². The summed E-state index contributed by atoms with van der Waals surface area (Å²) in [4.78, 5) is 16.8. The number of carbonyl (C=O) groups excluding carboxylic acids is 1. The fourth-order valence-electron chi connectivity index (χ4n) is 2.30. The van der Waals surface area contributed by atoms with Gasteiger partial charge in [-0.2, -0.15) is 0 Å². The summed E-state index contributed by atoms with van der Waals surface area (Å²) in [6.45, 7) is 0. The number of nitrogens with zero attached hydrogens (tertiary/aromatic N) is 2. The monoisotopic (exact) mass is 439 g/mol. The fraction of sp³-hybridized carbons (Fsp3) is 0.111. The van der Waals surface area contributed by atoms with Crippen molar-refractivity contribution in [1.82, 2.24) is 9.29 Å². The van der Waals surface area contributed by atoms with Gasteiger partial charge in [-0.15, -0.1) is 11.3 Å². The Morgan fingerprint density at radius 3 is 2.50 bits per heavy atom. The van der Waals surface area contributed by atoms with Gasteiger partial charge in [-0.05, 0) is 42.5 Å². The smallest absolute Gasteiger partial charge is 0.259 e. The van der Waals surface area contributed by atoms with Crippen LogP contribution in [0.4, 0.5) is 9.52 Å². The Labute approximate surface area is 170 Å². The first-order valence-corrected chi connectivity index (χ1v) is 10.6. The number of halogens is 2. The standard InChI is InChI=1S/C18H15ClFN3O3S2/c1-23(2)28(25,26)13-7-8-15(19)14(9-13)17(24)22-18-21-16(10-27-18)11-3-5-12(20)6-4-11/h3-10H,1-2H3,(H,21,22,24). The lowest BCUT2D eigenvalue weighted by Gasteiger charge is -2.13. The maximum Gasteiger partial charge on any atom is 0.259 e. The number of rotatable bonds is 5. The third-order valence-corrected chi connectivity index (χ3v) is 6.72. The number of thiazole rings is 1. The topological polar surface area (TPSA) is 79.4 Å². The first kappa shape index (κ1) is 20.4. The van der Waals surface area contributed by atoms with E-state index in [4.69, 9.17) is 11.6 Å². The van der Waals surface area contributed by atoms with Crippen LogP contribution in [0.2, 0.25) is 5.02 Å². The van der Waals surface area contributed by atoms with Gasteiger partial charge < -0.3 is 0 Å². The van der Waals surface area contributed by atoms with E-state index in [1.165, 1.54) is 55.8 Å². The average molecular weight is 440 g/mol. The van der Waals surface area contributed by atoms with Crippen LogP contribution >= 0.6 is 22.9 Å². The van der Waals surface area contributed by atoms with E-state index in [1.54, 1.807) is 17.5 Å². The molecule has 146 valence electrons. The van der Waals surface area contributed by atoms with E-state index in [-0.39, 0.29) is 21.3 Å². The summed E-state index contributed by atoms with van der Waals surface area (Å²) in [7, 11) is -0.909. The number of benzene rings is 2. The molecule has 0 aliphatic rings. The van der Waals surface area contributed by atoms with Crippen molar-refractivity contribution in [3.8, 4) is 11.3 Å². The van der Waals surface area contributed by atoms with Crippen LogP contribution in [0.25, 0.3) is 11.3 Å². The van der Waals surface area contributed by atoms with Gasteiger partial charge in [-0.25, -0.2) is 22.1 Å². The van der Waals surface area contributed by atoms with E-state index in [0.29, 0.717) is 16.4 Å². The summed E-state index contributed by atoms with van der Waals surface area (Å²) >= 11 is 7.27. The molecule has 0 aliphatic carbocycles. The van der Waals surface area contributed by atoms with E-state index in [0.717, 1.165) is 4.31 Å². The third-order valence-electron chi connectivity index (χ3n) is 3.83. The van der Waals surface area contributed by atoms with E-state index in [2.05, 4.69) is 10.3 Å². The number of amides is 1. The lowest BCUT2D eigenvalue weighted by molar-refractivity contribution is 0.102. The number of carbonyl (C=O) groups is 1. The Kier molecular flexibility index (Phi) is 5.80. The van der Waals surface area contributed by atoms with Crippen LogP contribution < -0.4 is 5.32 Å². The fourth-order valence-corrected chi connectivity index (χ4v) is 4.15. The second kappa shape index (κ2) is 7.96. The number of anilines is 1. The molecule has 1 amide bonds. The molecular weight excluding hydrogens is 425 g/mol. The quantitative estimate of drug-likeness (QED) is 0.649. The predicted molar refractivity (Wildman–Crippen MR) is 108 cm³/mol. The average Bonchev–Trinajstić information content (AvgIpc) is 3.10. The van der Waals surface area contributed by atoms with Crippen LogP contribution in [0.3, 0.4) is 0 Å². The minimum atomic E-state index is -3.71. The molecule has 2 aromatic carbocycles. The normalized spacial score (nSPS) is 11.6. The SMILES string of the molecule is CN(C)S(=O)(=O)c1ccc(Cl)c(C(=O)Nc2nc(-c3ccc(F)cc3)cs2)c1. The Balaban J connectivity index is 1.85. The van der Waals surface area contributed by atoms with Gasteiger partial charge in [0.2, 0.25) is 10.0 Å². The summed E-state index contributed by atoms with van der Waals surface area (Å²) in [5, 5.41) is 4.75. The first-order valence-electron chi connectivity index (χ1n) is 7.93. The zero-order valence-corrected chi connectivity index (χ0v) is 17.2. The lowest BCUT2D eigenvalue weighted by Crippen LogP contribution is -2.23. The number of nitrogens with one attached hydrogen (secondary N) is 1. The maximum atomic E-state index is 13.0. The van der Waals surface area contributed by atoms with Crippen molar-refractivity contribution in [3.63, 3.8) is 0 Å². The molecule has 0 fully saturated rings. The molecule has 0 saturated heterocycles. The van der Waals surface area contributed by atoms with E-state index in [1.807, 2.05) is 0 Å². The zero-order chi connectivity index (χ0) is 20.5. The third kappa shape index (κ3) is 4.22. The van der Waals surface area contributed by atoms with Crippen molar-refractivity contribution in [1.29, 1.82) is 0 Å². The van der Waals surface area contributed by atoms with Gasteiger partial charge in [0.1, 0.15) is 5.82 Å². The number of aromatic nitrogens is 1. The summed E-state index contributed by atoms with van der Waals surface area (Å²) in [5.41, 5.74) is 1.30. The predicted octanol–water partition coefficient (Wildman–Crippen LogP) is 4.11. The van der Waals surface area contributed by atoms with Gasteiger partial charge in [0.05, 0.1) is 21.2 Å². The maximum absolute atomic E-state index is 13.0. The molecule has 0 bridgehead atoms. The Hall–Kier alpha value is -2.33. The van der Waals surface area contributed by atoms with Crippen LogP contribution in [-0.2, 0) is 10.0 Å². The van der Waals surface area contributed by atoms with Crippen molar-refractivity contribution >= 4 is 44.0 Å². The molecule has 0 atom stereocenters. The van der Waals surface area contributed by atoms with Crippen LogP contribution in [0.15, 0.2) is 52.7 Å². The van der Waals surface area contributed by atoms with Gasteiger partial charge in [0, 0.05) is 25.0 Å². The molecule has 0 saturated carbocycles. The number of sulfonamides is 1. The molecule has 0 aliphatic heterocycles. The highest BCUT2D eigenvalue weighted by molar-refractivity contribution is 7.89. The lowest BCUT2D eigenvalue weighted by atomic mass is 10.2.